The number of carbonyl (C=O) groups is 1. The van der Waals surface area contributed by atoms with E-state index in [4.69, 9.17) is 11.6 Å². The number of alkyl halides is 3. The summed E-state index contributed by atoms with van der Waals surface area (Å²) in [5, 5.41) is -0.565. The molecular weight excluding hydrogens is 433 g/mol. The van der Waals surface area contributed by atoms with Crippen molar-refractivity contribution in [2.75, 3.05) is 26.2 Å². The maximum atomic E-state index is 13.0. The zero-order valence-corrected chi connectivity index (χ0v) is 16.7. The van der Waals surface area contributed by atoms with E-state index in [0.717, 1.165) is 16.4 Å². The summed E-state index contributed by atoms with van der Waals surface area (Å²) in [6, 6.07) is 2.52. The number of hydrogen-bond donors (Lipinski definition) is 0. The van der Waals surface area contributed by atoms with Gasteiger partial charge in [-0.1, -0.05) is 11.6 Å². The Balaban J connectivity index is 1.64. The van der Waals surface area contributed by atoms with Gasteiger partial charge in [0.05, 0.1) is 21.8 Å². The van der Waals surface area contributed by atoms with Crippen LogP contribution in [0.2, 0.25) is 5.02 Å². The van der Waals surface area contributed by atoms with E-state index in [1.54, 1.807) is 28.2 Å². The average molecular weight is 451 g/mol. The van der Waals surface area contributed by atoms with Gasteiger partial charge in [0.2, 0.25) is 15.9 Å². The lowest BCUT2D eigenvalue weighted by Gasteiger charge is -2.34. The Kier molecular flexibility index (Phi) is 6.20. The first-order chi connectivity index (χ1) is 13.6. The van der Waals surface area contributed by atoms with E-state index in [-0.39, 0.29) is 38.5 Å². The minimum Gasteiger partial charge on any atom is -0.340 e. The molecule has 1 aromatic heterocycles. The largest absolute Gasteiger partial charge is 0.417 e. The molecular formula is C17H18ClF3N4O3S. The highest BCUT2D eigenvalue weighted by molar-refractivity contribution is 7.89. The second kappa shape index (κ2) is 8.33. The van der Waals surface area contributed by atoms with Crippen LogP contribution in [0.25, 0.3) is 0 Å². The molecule has 0 unspecified atom stereocenters. The molecule has 0 spiro atoms. The Morgan fingerprint density at radius 2 is 1.86 bits per heavy atom. The van der Waals surface area contributed by atoms with Crippen LogP contribution in [-0.4, -0.2) is 59.3 Å². The van der Waals surface area contributed by atoms with Gasteiger partial charge < -0.3 is 9.47 Å². The fourth-order valence-corrected chi connectivity index (χ4v) is 4.68. The first-order valence-electron chi connectivity index (χ1n) is 8.69. The first-order valence-corrected chi connectivity index (χ1v) is 10.5. The molecule has 3 rings (SSSR count). The van der Waals surface area contributed by atoms with E-state index in [9.17, 15) is 26.4 Å². The molecule has 1 aromatic carbocycles. The van der Waals surface area contributed by atoms with Crippen molar-refractivity contribution < 1.29 is 26.4 Å². The van der Waals surface area contributed by atoms with Crippen molar-refractivity contribution in [3.05, 3.63) is 47.5 Å². The van der Waals surface area contributed by atoms with Gasteiger partial charge in [-0.15, -0.1) is 0 Å². The van der Waals surface area contributed by atoms with Crippen molar-refractivity contribution >= 4 is 27.5 Å². The number of rotatable bonds is 5. The summed E-state index contributed by atoms with van der Waals surface area (Å²) in [6.07, 6.45) is 0.422. The highest BCUT2D eigenvalue weighted by atomic mass is 35.5. The van der Waals surface area contributed by atoms with Crippen molar-refractivity contribution in [2.45, 2.75) is 24.0 Å². The molecule has 1 fully saturated rings. The van der Waals surface area contributed by atoms with Gasteiger partial charge in [0.25, 0.3) is 0 Å². The molecule has 0 radical (unpaired) electrons. The van der Waals surface area contributed by atoms with Gasteiger partial charge in [-0.25, -0.2) is 13.4 Å². The predicted octanol–water partition coefficient (Wildman–Crippen LogP) is 2.48. The maximum Gasteiger partial charge on any atom is 0.417 e. The Morgan fingerprint density at radius 3 is 2.45 bits per heavy atom. The van der Waals surface area contributed by atoms with Crippen molar-refractivity contribution in [1.82, 2.24) is 18.8 Å². The molecule has 1 aliphatic rings. The average Bonchev–Trinajstić information content (AvgIpc) is 3.19. The smallest absolute Gasteiger partial charge is 0.340 e. The third-order valence-corrected chi connectivity index (χ3v) is 6.84. The molecule has 0 N–H and O–H groups in total. The van der Waals surface area contributed by atoms with E-state index in [0.29, 0.717) is 12.6 Å². The third-order valence-electron chi connectivity index (χ3n) is 4.62. The van der Waals surface area contributed by atoms with Crippen LogP contribution >= 0.6 is 11.6 Å². The molecule has 158 valence electrons. The lowest BCUT2D eigenvalue weighted by atomic mass is 10.2. The number of hydrogen-bond acceptors (Lipinski definition) is 4. The Labute approximate surface area is 170 Å². The molecule has 0 aliphatic carbocycles. The fraction of sp³-hybridized carbons (Fsp3) is 0.412. The number of halogens is 4. The number of benzene rings is 1. The van der Waals surface area contributed by atoms with Gasteiger partial charge in [0.1, 0.15) is 0 Å². The highest BCUT2D eigenvalue weighted by Crippen LogP contribution is 2.36. The summed E-state index contributed by atoms with van der Waals surface area (Å²) >= 11 is 5.56. The van der Waals surface area contributed by atoms with Crippen LogP contribution in [0.15, 0.2) is 41.8 Å². The predicted molar refractivity (Wildman–Crippen MR) is 98.6 cm³/mol. The molecule has 1 aliphatic heterocycles. The third kappa shape index (κ3) is 4.90. The van der Waals surface area contributed by atoms with Crippen LogP contribution in [0.3, 0.4) is 0 Å². The van der Waals surface area contributed by atoms with Gasteiger partial charge in [0, 0.05) is 51.5 Å². The van der Waals surface area contributed by atoms with Crippen molar-refractivity contribution in [1.29, 1.82) is 0 Å². The van der Waals surface area contributed by atoms with E-state index in [2.05, 4.69) is 4.98 Å². The normalized spacial score (nSPS) is 16.2. The molecule has 1 amide bonds. The van der Waals surface area contributed by atoms with E-state index in [1.165, 1.54) is 0 Å². The van der Waals surface area contributed by atoms with Gasteiger partial charge in [-0.05, 0) is 18.2 Å². The second-order valence-corrected chi connectivity index (χ2v) is 8.82. The molecule has 0 atom stereocenters. The molecule has 2 aromatic rings. The van der Waals surface area contributed by atoms with E-state index >= 15 is 0 Å². The van der Waals surface area contributed by atoms with Gasteiger partial charge >= 0.3 is 6.18 Å². The lowest BCUT2D eigenvalue weighted by molar-refractivity contribution is -0.137. The number of aryl methyl sites for hydroxylation is 1. The number of piperazine rings is 1. The standard InChI is InChI=1S/C17H18ClF3N4O3S/c18-15-2-1-13(11-14(15)17(19,20)21)29(27,28)25-9-7-24(8-10-25)16(26)3-5-23-6-4-22-12-23/h1-2,4,6,11-12H,3,5,7-10H2. The summed E-state index contributed by atoms with van der Waals surface area (Å²) in [5.41, 5.74) is -1.20. The number of carbonyl (C=O) groups excluding carboxylic acids is 1. The maximum absolute atomic E-state index is 13.0. The van der Waals surface area contributed by atoms with E-state index < -0.39 is 31.7 Å². The highest BCUT2D eigenvalue weighted by Gasteiger charge is 2.36. The van der Waals surface area contributed by atoms with Crippen LogP contribution in [0, 0.1) is 0 Å². The SMILES string of the molecule is O=C(CCn1ccnc1)N1CCN(S(=O)(=O)c2ccc(Cl)c(C(F)(F)F)c2)CC1. The molecule has 1 saturated heterocycles. The number of imidazole rings is 1. The number of nitrogens with zero attached hydrogens (tertiary/aromatic N) is 4. The molecule has 0 bridgehead atoms. The van der Waals surface area contributed by atoms with Gasteiger partial charge in [-0.3, -0.25) is 4.79 Å². The fourth-order valence-electron chi connectivity index (χ4n) is 3.01. The van der Waals surface area contributed by atoms with Crippen LogP contribution in [0.1, 0.15) is 12.0 Å². The van der Waals surface area contributed by atoms with Crippen molar-refractivity contribution in [3.8, 4) is 0 Å². The van der Waals surface area contributed by atoms with Gasteiger partial charge in [0.15, 0.2) is 0 Å². The molecule has 2 heterocycles. The Morgan fingerprint density at radius 1 is 1.17 bits per heavy atom. The molecule has 12 heteroatoms. The number of sulfonamides is 1. The van der Waals surface area contributed by atoms with Crippen LogP contribution in [-0.2, 0) is 27.5 Å². The lowest BCUT2D eigenvalue weighted by Crippen LogP contribution is -2.50. The Hall–Kier alpha value is -2.11. The topological polar surface area (TPSA) is 75.5 Å². The van der Waals surface area contributed by atoms with Crippen LogP contribution in [0.4, 0.5) is 13.2 Å². The summed E-state index contributed by atoms with van der Waals surface area (Å²) in [5.74, 6) is -0.124. The Bertz CT molecular complexity index is 972. The summed E-state index contributed by atoms with van der Waals surface area (Å²) in [4.78, 5) is 17.3. The molecule has 29 heavy (non-hydrogen) atoms. The zero-order chi connectivity index (χ0) is 21.2. The minimum absolute atomic E-state index is 0.00310. The summed E-state index contributed by atoms with van der Waals surface area (Å²) < 4.78 is 67.4. The zero-order valence-electron chi connectivity index (χ0n) is 15.1. The van der Waals surface area contributed by atoms with Crippen LogP contribution < -0.4 is 0 Å². The first kappa shape index (κ1) is 21.6. The van der Waals surface area contributed by atoms with E-state index in [1.807, 2.05) is 0 Å². The molecule has 7 nitrogen and oxygen atoms in total. The summed E-state index contributed by atoms with van der Waals surface area (Å²) in [6.45, 7) is 0.804. The number of aromatic nitrogens is 2. The minimum atomic E-state index is -4.76. The monoisotopic (exact) mass is 450 g/mol. The van der Waals surface area contributed by atoms with Crippen LogP contribution in [0.5, 0.6) is 0 Å². The summed E-state index contributed by atoms with van der Waals surface area (Å²) in [7, 11) is -4.13. The van der Waals surface area contributed by atoms with Gasteiger partial charge in [-0.2, -0.15) is 17.5 Å². The van der Waals surface area contributed by atoms with Crippen molar-refractivity contribution in [3.63, 3.8) is 0 Å². The quantitative estimate of drug-likeness (QED) is 0.701. The number of amides is 1. The second-order valence-electron chi connectivity index (χ2n) is 6.47. The molecule has 0 saturated carbocycles. The van der Waals surface area contributed by atoms with Crippen molar-refractivity contribution in [2.24, 2.45) is 0 Å².